The molecule has 1 saturated carbocycles. The molecule has 25 heavy (non-hydrogen) atoms. The molecule has 1 aliphatic carbocycles. The number of nitrogens with one attached hydrogen (secondary N) is 1. The van der Waals surface area contributed by atoms with Crippen LogP contribution in [0.3, 0.4) is 0 Å². The van der Waals surface area contributed by atoms with E-state index in [0.717, 1.165) is 24.2 Å². The number of hydrogen-bond acceptors (Lipinski definition) is 4. The fourth-order valence-electron chi connectivity index (χ4n) is 4.04. The Balaban J connectivity index is 1.64. The van der Waals surface area contributed by atoms with E-state index < -0.39 is 9.84 Å². The van der Waals surface area contributed by atoms with Gasteiger partial charge in [-0.25, -0.2) is 13.4 Å². The van der Waals surface area contributed by atoms with Crippen LogP contribution < -0.4 is 5.32 Å². The minimum atomic E-state index is -3.02. The van der Waals surface area contributed by atoms with Gasteiger partial charge in [0, 0.05) is 18.2 Å². The number of nitrogens with zero attached hydrogens (tertiary/aromatic N) is 2. The van der Waals surface area contributed by atoms with Crippen molar-refractivity contribution >= 4 is 21.3 Å². The predicted octanol–water partition coefficient (Wildman–Crippen LogP) is 2.30. The summed E-state index contributed by atoms with van der Waals surface area (Å²) < 4.78 is 25.2. The SMILES string of the molecule is O=C(NC1CCS(=O)(=O)C1)c1nc(C2CCCCC2)n2ccccc12. The number of carbonyl (C=O) groups excluding carboxylic acids is 1. The van der Waals surface area contributed by atoms with Gasteiger partial charge in [0.15, 0.2) is 15.5 Å². The topological polar surface area (TPSA) is 80.5 Å². The lowest BCUT2D eigenvalue weighted by Gasteiger charge is -2.20. The molecular formula is C18H23N3O3S. The Hall–Kier alpha value is -1.89. The summed E-state index contributed by atoms with van der Waals surface area (Å²) in [6.45, 7) is 0. The minimum absolute atomic E-state index is 0.0278. The van der Waals surface area contributed by atoms with E-state index in [1.807, 2.05) is 28.8 Å². The van der Waals surface area contributed by atoms with E-state index in [2.05, 4.69) is 5.32 Å². The lowest BCUT2D eigenvalue weighted by Crippen LogP contribution is -2.35. The number of sulfone groups is 1. The van der Waals surface area contributed by atoms with Gasteiger partial charge in [-0.2, -0.15) is 0 Å². The molecule has 1 N–H and O–H groups in total. The maximum absolute atomic E-state index is 12.7. The van der Waals surface area contributed by atoms with Gasteiger partial charge in [-0.05, 0) is 31.4 Å². The molecule has 0 spiro atoms. The highest BCUT2D eigenvalue weighted by atomic mass is 32.2. The molecule has 0 bridgehead atoms. The first-order valence-corrected chi connectivity index (χ1v) is 10.8. The molecular weight excluding hydrogens is 338 g/mol. The number of fused-ring (bicyclic) bond motifs is 1. The molecule has 0 radical (unpaired) electrons. The second-order valence-corrected chi connectivity index (χ2v) is 9.41. The maximum Gasteiger partial charge on any atom is 0.272 e. The molecule has 6 nitrogen and oxygen atoms in total. The van der Waals surface area contributed by atoms with E-state index in [9.17, 15) is 13.2 Å². The minimum Gasteiger partial charge on any atom is -0.347 e. The smallest absolute Gasteiger partial charge is 0.272 e. The average molecular weight is 361 g/mol. The second kappa shape index (κ2) is 6.44. The maximum atomic E-state index is 12.7. The molecule has 2 fully saturated rings. The van der Waals surface area contributed by atoms with Crippen molar-refractivity contribution in [1.82, 2.24) is 14.7 Å². The zero-order chi connectivity index (χ0) is 17.4. The van der Waals surface area contributed by atoms with Crippen molar-refractivity contribution in [2.45, 2.75) is 50.5 Å². The summed E-state index contributed by atoms with van der Waals surface area (Å²) in [6, 6.07) is 5.45. The molecule has 2 aromatic heterocycles. The molecule has 7 heteroatoms. The first-order chi connectivity index (χ1) is 12.0. The largest absolute Gasteiger partial charge is 0.347 e. The molecule has 1 amide bonds. The fourth-order valence-corrected chi connectivity index (χ4v) is 5.71. The van der Waals surface area contributed by atoms with Gasteiger partial charge in [0.25, 0.3) is 5.91 Å². The molecule has 4 rings (SSSR count). The van der Waals surface area contributed by atoms with Crippen molar-refractivity contribution in [3.63, 3.8) is 0 Å². The third kappa shape index (κ3) is 3.29. The summed E-state index contributed by atoms with van der Waals surface area (Å²) in [5.41, 5.74) is 1.20. The molecule has 1 atom stereocenters. The number of carbonyl (C=O) groups is 1. The van der Waals surface area contributed by atoms with Crippen LogP contribution in [-0.4, -0.2) is 41.3 Å². The van der Waals surface area contributed by atoms with E-state index in [0.29, 0.717) is 18.0 Å². The van der Waals surface area contributed by atoms with Crippen LogP contribution in [0.15, 0.2) is 24.4 Å². The first kappa shape index (κ1) is 16.6. The van der Waals surface area contributed by atoms with Gasteiger partial charge in [-0.1, -0.05) is 25.3 Å². The van der Waals surface area contributed by atoms with Crippen LogP contribution in [0.25, 0.3) is 5.52 Å². The third-order valence-electron chi connectivity index (χ3n) is 5.33. The van der Waals surface area contributed by atoms with E-state index >= 15 is 0 Å². The van der Waals surface area contributed by atoms with E-state index in [4.69, 9.17) is 4.98 Å². The van der Waals surface area contributed by atoms with Crippen LogP contribution in [-0.2, 0) is 9.84 Å². The Labute approximate surface area is 147 Å². The van der Waals surface area contributed by atoms with Crippen molar-refractivity contribution in [2.24, 2.45) is 0 Å². The molecule has 1 unspecified atom stereocenters. The van der Waals surface area contributed by atoms with E-state index in [-0.39, 0.29) is 23.5 Å². The molecule has 3 heterocycles. The van der Waals surface area contributed by atoms with Gasteiger partial charge in [0.2, 0.25) is 0 Å². The van der Waals surface area contributed by atoms with E-state index in [1.165, 1.54) is 19.3 Å². The normalized spacial score (nSPS) is 23.8. The monoisotopic (exact) mass is 361 g/mol. The van der Waals surface area contributed by atoms with Gasteiger partial charge in [-0.3, -0.25) is 4.79 Å². The van der Waals surface area contributed by atoms with Gasteiger partial charge in [0.05, 0.1) is 17.0 Å². The van der Waals surface area contributed by atoms with Gasteiger partial charge < -0.3 is 9.72 Å². The number of rotatable bonds is 3. The number of imidazole rings is 1. The highest BCUT2D eigenvalue weighted by Gasteiger charge is 2.31. The quantitative estimate of drug-likeness (QED) is 0.910. The summed E-state index contributed by atoms with van der Waals surface area (Å²) in [5.74, 6) is 1.25. The average Bonchev–Trinajstić information content (AvgIpc) is 3.16. The molecule has 0 aromatic carbocycles. The zero-order valence-electron chi connectivity index (χ0n) is 14.1. The Morgan fingerprint density at radius 2 is 1.96 bits per heavy atom. The van der Waals surface area contributed by atoms with E-state index in [1.54, 1.807) is 0 Å². The van der Waals surface area contributed by atoms with Crippen LogP contribution in [0.1, 0.15) is 60.8 Å². The highest BCUT2D eigenvalue weighted by Crippen LogP contribution is 2.33. The molecule has 1 aliphatic heterocycles. The lowest BCUT2D eigenvalue weighted by molar-refractivity contribution is 0.0938. The fraction of sp³-hybridized carbons (Fsp3) is 0.556. The van der Waals surface area contributed by atoms with Crippen molar-refractivity contribution in [3.05, 3.63) is 35.9 Å². The van der Waals surface area contributed by atoms with Crippen LogP contribution in [0, 0.1) is 0 Å². The molecule has 1 saturated heterocycles. The Morgan fingerprint density at radius 3 is 2.68 bits per heavy atom. The second-order valence-electron chi connectivity index (χ2n) is 7.18. The first-order valence-electron chi connectivity index (χ1n) is 9.02. The molecule has 2 aliphatic rings. The van der Waals surface area contributed by atoms with Crippen molar-refractivity contribution in [3.8, 4) is 0 Å². The highest BCUT2D eigenvalue weighted by molar-refractivity contribution is 7.91. The van der Waals surface area contributed by atoms with Gasteiger partial charge >= 0.3 is 0 Å². The summed E-state index contributed by atoms with van der Waals surface area (Å²) in [4.78, 5) is 17.4. The summed E-state index contributed by atoms with van der Waals surface area (Å²) in [5, 5.41) is 2.87. The third-order valence-corrected chi connectivity index (χ3v) is 7.10. The van der Waals surface area contributed by atoms with Crippen LogP contribution >= 0.6 is 0 Å². The van der Waals surface area contributed by atoms with Crippen LogP contribution in [0.4, 0.5) is 0 Å². The molecule has 2 aromatic rings. The van der Waals surface area contributed by atoms with Crippen LogP contribution in [0.2, 0.25) is 0 Å². The Bertz CT molecular complexity index is 897. The summed E-state index contributed by atoms with van der Waals surface area (Å²) in [7, 11) is -3.02. The zero-order valence-corrected chi connectivity index (χ0v) is 15.0. The number of hydrogen-bond donors (Lipinski definition) is 1. The predicted molar refractivity (Wildman–Crippen MR) is 95.5 cm³/mol. The standard InChI is InChI=1S/C18H23N3O3S/c22-18(19-14-9-11-25(23,24)12-14)16-15-8-4-5-10-21(15)17(20-16)13-6-2-1-3-7-13/h4-5,8,10,13-14H,1-3,6-7,9,11-12H2,(H,19,22). The number of amides is 1. The number of pyridine rings is 1. The van der Waals surface area contributed by atoms with Gasteiger partial charge in [0.1, 0.15) is 5.82 Å². The lowest BCUT2D eigenvalue weighted by atomic mass is 9.89. The van der Waals surface area contributed by atoms with Crippen molar-refractivity contribution < 1.29 is 13.2 Å². The summed E-state index contributed by atoms with van der Waals surface area (Å²) in [6.07, 6.45) is 8.33. The van der Waals surface area contributed by atoms with Gasteiger partial charge in [-0.15, -0.1) is 0 Å². The van der Waals surface area contributed by atoms with Crippen molar-refractivity contribution in [2.75, 3.05) is 11.5 Å². The Morgan fingerprint density at radius 1 is 1.16 bits per heavy atom. The summed E-state index contributed by atoms with van der Waals surface area (Å²) >= 11 is 0. The van der Waals surface area contributed by atoms with Crippen LogP contribution in [0.5, 0.6) is 0 Å². The molecule has 134 valence electrons. The Kier molecular flexibility index (Phi) is 4.27. The number of aromatic nitrogens is 2. The van der Waals surface area contributed by atoms with Crippen molar-refractivity contribution in [1.29, 1.82) is 0 Å².